The Hall–Kier alpha value is -1.00. The maximum Gasteiger partial charge on any atom is 0.137 e. The summed E-state index contributed by atoms with van der Waals surface area (Å²) in [6.07, 6.45) is 9.66. The van der Waals surface area contributed by atoms with Crippen LogP contribution in [0.4, 0.5) is 0 Å². The van der Waals surface area contributed by atoms with Gasteiger partial charge in [-0.3, -0.25) is 0 Å². The molecule has 3 nitrogen and oxygen atoms in total. The highest BCUT2D eigenvalue weighted by molar-refractivity contribution is 7.99. The van der Waals surface area contributed by atoms with Gasteiger partial charge in [0.15, 0.2) is 0 Å². The number of nitrogens with one attached hydrogen (secondary N) is 1. The standard InChI is InChI=1S/C16H23N3S/c1-12-15(19-10-4-3-5-16(19)18-12)11-17-13-6-8-14(20-2)9-7-13/h3-5,10,13-14,17H,6-9,11H2,1-2H3. The van der Waals surface area contributed by atoms with E-state index in [-0.39, 0.29) is 0 Å². The zero-order valence-electron chi connectivity index (χ0n) is 12.3. The van der Waals surface area contributed by atoms with Crippen LogP contribution in [0.2, 0.25) is 0 Å². The lowest BCUT2D eigenvalue weighted by atomic mass is 9.95. The second-order valence-corrected chi connectivity index (χ2v) is 6.80. The molecule has 2 aromatic heterocycles. The number of nitrogens with zero attached hydrogens (tertiary/aromatic N) is 2. The van der Waals surface area contributed by atoms with Crippen molar-refractivity contribution in [3.63, 3.8) is 0 Å². The van der Waals surface area contributed by atoms with Crippen LogP contribution in [0.3, 0.4) is 0 Å². The topological polar surface area (TPSA) is 29.3 Å². The summed E-state index contributed by atoms with van der Waals surface area (Å²) in [6, 6.07) is 6.86. The third-order valence-corrected chi connectivity index (χ3v) is 5.53. The van der Waals surface area contributed by atoms with E-state index in [0.717, 1.165) is 23.1 Å². The molecule has 0 bridgehead atoms. The molecule has 1 saturated carbocycles. The number of thioether (sulfide) groups is 1. The van der Waals surface area contributed by atoms with E-state index < -0.39 is 0 Å². The molecule has 0 saturated heterocycles. The quantitative estimate of drug-likeness (QED) is 0.935. The molecule has 1 fully saturated rings. The van der Waals surface area contributed by atoms with Gasteiger partial charge in [0.1, 0.15) is 5.65 Å². The molecular weight excluding hydrogens is 266 g/mol. The molecule has 1 N–H and O–H groups in total. The number of hydrogen-bond donors (Lipinski definition) is 1. The van der Waals surface area contributed by atoms with Gasteiger partial charge in [-0.25, -0.2) is 4.98 Å². The second-order valence-electron chi connectivity index (χ2n) is 5.66. The zero-order valence-corrected chi connectivity index (χ0v) is 13.1. The Morgan fingerprint density at radius 2 is 2.10 bits per heavy atom. The van der Waals surface area contributed by atoms with Crippen LogP contribution in [0, 0.1) is 6.92 Å². The third kappa shape index (κ3) is 2.86. The summed E-state index contributed by atoms with van der Waals surface area (Å²) < 4.78 is 2.20. The Morgan fingerprint density at radius 3 is 2.85 bits per heavy atom. The Balaban J connectivity index is 1.64. The van der Waals surface area contributed by atoms with Crippen molar-refractivity contribution in [2.24, 2.45) is 0 Å². The van der Waals surface area contributed by atoms with Gasteiger partial charge >= 0.3 is 0 Å². The summed E-state index contributed by atoms with van der Waals surface area (Å²) in [4.78, 5) is 4.62. The molecule has 3 rings (SSSR count). The van der Waals surface area contributed by atoms with Crippen LogP contribution >= 0.6 is 11.8 Å². The van der Waals surface area contributed by atoms with Crippen molar-refractivity contribution in [3.05, 3.63) is 35.8 Å². The van der Waals surface area contributed by atoms with Crippen LogP contribution in [-0.2, 0) is 6.54 Å². The fourth-order valence-corrected chi connectivity index (χ4v) is 3.86. The average molecular weight is 289 g/mol. The zero-order chi connectivity index (χ0) is 13.9. The summed E-state index contributed by atoms with van der Waals surface area (Å²) in [5, 5.41) is 4.61. The molecule has 1 aliphatic carbocycles. The smallest absolute Gasteiger partial charge is 0.137 e. The summed E-state index contributed by atoms with van der Waals surface area (Å²) in [5.74, 6) is 0. The van der Waals surface area contributed by atoms with Gasteiger partial charge in [-0.05, 0) is 51.0 Å². The van der Waals surface area contributed by atoms with Crippen LogP contribution in [-0.4, -0.2) is 26.9 Å². The van der Waals surface area contributed by atoms with Crippen molar-refractivity contribution in [1.82, 2.24) is 14.7 Å². The van der Waals surface area contributed by atoms with Crippen LogP contribution < -0.4 is 5.32 Å². The Kier molecular flexibility index (Phi) is 4.32. The van der Waals surface area contributed by atoms with Crippen molar-refractivity contribution in [2.75, 3.05) is 6.26 Å². The molecule has 2 heterocycles. The summed E-state index contributed by atoms with van der Waals surface area (Å²) in [6.45, 7) is 3.03. The molecular formula is C16H23N3S. The van der Waals surface area contributed by atoms with E-state index in [1.807, 2.05) is 17.8 Å². The van der Waals surface area contributed by atoms with E-state index >= 15 is 0 Å². The molecule has 0 spiro atoms. The lowest BCUT2D eigenvalue weighted by Gasteiger charge is -2.28. The number of aromatic nitrogens is 2. The third-order valence-electron chi connectivity index (χ3n) is 4.39. The normalized spacial score (nSPS) is 23.3. The number of rotatable bonds is 4. The first-order chi connectivity index (χ1) is 9.78. The fourth-order valence-electron chi connectivity index (χ4n) is 3.12. The number of pyridine rings is 1. The van der Waals surface area contributed by atoms with Crippen molar-refractivity contribution in [2.45, 2.75) is 50.4 Å². The maximum absolute atomic E-state index is 4.62. The first kappa shape index (κ1) is 14.0. The Bertz CT molecular complexity index is 570. The lowest BCUT2D eigenvalue weighted by molar-refractivity contribution is 0.377. The first-order valence-corrected chi connectivity index (χ1v) is 8.75. The summed E-state index contributed by atoms with van der Waals surface area (Å²) >= 11 is 2.03. The molecule has 4 heteroatoms. The number of imidazole rings is 1. The van der Waals surface area contributed by atoms with Gasteiger partial charge in [-0.15, -0.1) is 0 Å². The largest absolute Gasteiger partial charge is 0.308 e. The van der Waals surface area contributed by atoms with Crippen molar-refractivity contribution in [3.8, 4) is 0 Å². The lowest BCUT2D eigenvalue weighted by Crippen LogP contribution is -2.33. The van der Waals surface area contributed by atoms with E-state index in [2.05, 4.69) is 46.2 Å². The molecule has 0 atom stereocenters. The molecule has 1 aliphatic rings. The van der Waals surface area contributed by atoms with Gasteiger partial charge in [0.2, 0.25) is 0 Å². The predicted molar refractivity (Wildman–Crippen MR) is 86.3 cm³/mol. The van der Waals surface area contributed by atoms with Crippen LogP contribution in [0.5, 0.6) is 0 Å². The van der Waals surface area contributed by atoms with Crippen LogP contribution in [0.1, 0.15) is 37.1 Å². The SMILES string of the molecule is CSC1CCC(NCc2c(C)nc3ccccn23)CC1. The highest BCUT2D eigenvalue weighted by Crippen LogP contribution is 2.27. The van der Waals surface area contributed by atoms with Crippen LogP contribution in [0.15, 0.2) is 24.4 Å². The van der Waals surface area contributed by atoms with Gasteiger partial charge in [-0.1, -0.05) is 6.07 Å². The molecule has 20 heavy (non-hydrogen) atoms. The molecule has 0 unspecified atom stereocenters. The molecule has 0 aromatic carbocycles. The maximum atomic E-state index is 4.62. The molecule has 2 aromatic rings. The van der Waals surface area contributed by atoms with Crippen LogP contribution in [0.25, 0.3) is 5.65 Å². The average Bonchev–Trinajstić information content (AvgIpc) is 2.81. The van der Waals surface area contributed by atoms with E-state index in [4.69, 9.17) is 0 Å². The molecule has 0 amide bonds. The van der Waals surface area contributed by atoms with E-state index in [1.165, 1.54) is 31.4 Å². The molecule has 108 valence electrons. The van der Waals surface area contributed by atoms with Crippen molar-refractivity contribution in [1.29, 1.82) is 0 Å². The predicted octanol–water partition coefficient (Wildman–Crippen LogP) is 3.41. The number of aryl methyl sites for hydroxylation is 1. The Morgan fingerprint density at radius 1 is 1.30 bits per heavy atom. The highest BCUT2D eigenvalue weighted by Gasteiger charge is 2.20. The highest BCUT2D eigenvalue weighted by atomic mass is 32.2. The van der Waals surface area contributed by atoms with E-state index in [0.29, 0.717) is 6.04 Å². The summed E-state index contributed by atoms with van der Waals surface area (Å²) in [7, 11) is 0. The van der Waals surface area contributed by atoms with Gasteiger partial charge in [0, 0.05) is 24.0 Å². The summed E-state index contributed by atoms with van der Waals surface area (Å²) in [5.41, 5.74) is 3.49. The monoisotopic (exact) mass is 289 g/mol. The number of fused-ring (bicyclic) bond motifs is 1. The minimum Gasteiger partial charge on any atom is -0.308 e. The van der Waals surface area contributed by atoms with Gasteiger partial charge in [0.05, 0.1) is 11.4 Å². The molecule has 0 aliphatic heterocycles. The second kappa shape index (κ2) is 6.19. The van der Waals surface area contributed by atoms with E-state index in [9.17, 15) is 0 Å². The minimum absolute atomic E-state index is 0.673. The number of hydrogen-bond acceptors (Lipinski definition) is 3. The van der Waals surface area contributed by atoms with Crippen molar-refractivity contribution >= 4 is 17.4 Å². The molecule has 0 radical (unpaired) electrons. The first-order valence-electron chi connectivity index (χ1n) is 7.46. The van der Waals surface area contributed by atoms with Gasteiger partial charge in [0.25, 0.3) is 0 Å². The fraction of sp³-hybridized carbons (Fsp3) is 0.562. The van der Waals surface area contributed by atoms with E-state index in [1.54, 1.807) is 0 Å². The van der Waals surface area contributed by atoms with Gasteiger partial charge < -0.3 is 9.72 Å². The van der Waals surface area contributed by atoms with Crippen molar-refractivity contribution < 1.29 is 0 Å². The van der Waals surface area contributed by atoms with Gasteiger partial charge in [-0.2, -0.15) is 11.8 Å². The minimum atomic E-state index is 0.673. The Labute approximate surface area is 125 Å².